The van der Waals surface area contributed by atoms with Crippen LogP contribution in [0.1, 0.15) is 49.7 Å². The summed E-state index contributed by atoms with van der Waals surface area (Å²) in [4.78, 5) is 13.6. The third-order valence-corrected chi connectivity index (χ3v) is 4.37. The quantitative estimate of drug-likeness (QED) is 0.650. The van der Waals surface area contributed by atoms with Crippen molar-refractivity contribution in [3.8, 4) is 5.75 Å². The fourth-order valence-corrected chi connectivity index (χ4v) is 2.73. The van der Waals surface area contributed by atoms with Crippen molar-refractivity contribution in [3.63, 3.8) is 0 Å². The van der Waals surface area contributed by atoms with Crippen molar-refractivity contribution in [1.29, 1.82) is 0 Å². The van der Waals surface area contributed by atoms with Crippen LogP contribution in [0.15, 0.2) is 54.6 Å². The molecular formula is C21H25N5O2. The summed E-state index contributed by atoms with van der Waals surface area (Å²) in [5, 5.41) is 15.0. The Morgan fingerprint density at radius 3 is 2.39 bits per heavy atom. The van der Waals surface area contributed by atoms with Gasteiger partial charge in [0.15, 0.2) is 6.61 Å². The Labute approximate surface area is 164 Å². The van der Waals surface area contributed by atoms with E-state index in [1.807, 2.05) is 49.4 Å². The average molecular weight is 379 g/mol. The lowest BCUT2D eigenvalue weighted by Gasteiger charge is -2.15. The van der Waals surface area contributed by atoms with Gasteiger partial charge in [-0.15, -0.1) is 10.2 Å². The minimum absolute atomic E-state index is 0.00670. The van der Waals surface area contributed by atoms with Gasteiger partial charge in [-0.2, -0.15) is 4.80 Å². The van der Waals surface area contributed by atoms with E-state index in [1.165, 1.54) is 10.4 Å². The number of nitrogens with zero attached hydrogens (tertiary/aromatic N) is 4. The van der Waals surface area contributed by atoms with E-state index >= 15 is 0 Å². The molecule has 0 fully saturated rings. The molecule has 0 bridgehead atoms. The van der Waals surface area contributed by atoms with Gasteiger partial charge in [-0.25, -0.2) is 0 Å². The molecular weight excluding hydrogens is 354 g/mol. The lowest BCUT2D eigenvalue weighted by atomic mass is 9.99. The summed E-state index contributed by atoms with van der Waals surface area (Å²) >= 11 is 0. The fraction of sp³-hybridized carbons (Fsp3) is 0.333. The topological polar surface area (TPSA) is 81.9 Å². The van der Waals surface area contributed by atoms with E-state index in [9.17, 15) is 4.79 Å². The first-order valence-electron chi connectivity index (χ1n) is 9.35. The molecule has 0 aliphatic carbocycles. The Morgan fingerprint density at radius 2 is 1.71 bits per heavy atom. The first-order valence-corrected chi connectivity index (χ1v) is 9.35. The van der Waals surface area contributed by atoms with Gasteiger partial charge in [0.05, 0.1) is 6.04 Å². The van der Waals surface area contributed by atoms with Gasteiger partial charge in [0.1, 0.15) is 12.3 Å². The van der Waals surface area contributed by atoms with E-state index in [-0.39, 0.29) is 25.1 Å². The lowest BCUT2D eigenvalue weighted by molar-refractivity contribution is -0.122. The second-order valence-electron chi connectivity index (χ2n) is 6.95. The van der Waals surface area contributed by atoms with Crippen molar-refractivity contribution in [1.82, 2.24) is 25.5 Å². The molecule has 0 spiro atoms. The van der Waals surface area contributed by atoms with Gasteiger partial charge in [-0.05, 0) is 41.3 Å². The molecule has 0 radical (unpaired) electrons. The fourth-order valence-electron chi connectivity index (χ4n) is 2.73. The summed E-state index contributed by atoms with van der Waals surface area (Å²) in [7, 11) is 0. The van der Waals surface area contributed by atoms with Crippen LogP contribution >= 0.6 is 0 Å². The predicted octanol–water partition coefficient (Wildman–Crippen LogP) is 3.25. The predicted molar refractivity (Wildman–Crippen MR) is 106 cm³/mol. The first kappa shape index (κ1) is 19.5. The molecule has 1 atom stereocenters. The molecule has 0 saturated heterocycles. The van der Waals surface area contributed by atoms with Crippen LogP contribution in [0.2, 0.25) is 0 Å². The number of hydrogen-bond acceptors (Lipinski definition) is 5. The molecule has 2 aromatic carbocycles. The van der Waals surface area contributed by atoms with E-state index in [0.717, 1.165) is 11.3 Å². The molecule has 1 unspecified atom stereocenters. The highest BCUT2D eigenvalue weighted by Crippen LogP contribution is 2.18. The monoisotopic (exact) mass is 379 g/mol. The maximum atomic E-state index is 12.3. The molecule has 146 valence electrons. The largest absolute Gasteiger partial charge is 0.485 e. The van der Waals surface area contributed by atoms with E-state index in [4.69, 9.17) is 4.74 Å². The Kier molecular flexibility index (Phi) is 6.37. The SMILES string of the molecule is CC(C)c1ccc(C(C)NC(=O)Cn2nnc(COc3ccccc3)n2)cc1. The van der Waals surface area contributed by atoms with Gasteiger partial charge < -0.3 is 10.1 Å². The van der Waals surface area contributed by atoms with E-state index in [1.54, 1.807) is 0 Å². The minimum atomic E-state index is -0.173. The number of rotatable bonds is 8. The third-order valence-electron chi connectivity index (χ3n) is 4.37. The zero-order valence-electron chi connectivity index (χ0n) is 16.4. The molecule has 1 amide bonds. The van der Waals surface area contributed by atoms with Crippen LogP contribution in [-0.2, 0) is 17.9 Å². The summed E-state index contributed by atoms with van der Waals surface area (Å²) in [5.74, 6) is 1.47. The van der Waals surface area contributed by atoms with Crippen LogP contribution in [0.5, 0.6) is 5.75 Å². The maximum Gasteiger partial charge on any atom is 0.244 e. The van der Waals surface area contributed by atoms with E-state index in [2.05, 4.69) is 46.7 Å². The zero-order valence-corrected chi connectivity index (χ0v) is 16.4. The van der Waals surface area contributed by atoms with E-state index < -0.39 is 0 Å². The Morgan fingerprint density at radius 1 is 1.04 bits per heavy atom. The molecule has 7 nitrogen and oxygen atoms in total. The van der Waals surface area contributed by atoms with Crippen LogP contribution in [0.25, 0.3) is 0 Å². The number of hydrogen-bond donors (Lipinski definition) is 1. The molecule has 0 aliphatic heterocycles. The van der Waals surface area contributed by atoms with Crippen LogP contribution in [0.3, 0.4) is 0 Å². The summed E-state index contributed by atoms with van der Waals surface area (Å²) in [6.45, 7) is 6.47. The zero-order chi connectivity index (χ0) is 19.9. The van der Waals surface area contributed by atoms with Crippen molar-refractivity contribution in [2.24, 2.45) is 0 Å². The highest BCUT2D eigenvalue weighted by atomic mass is 16.5. The highest BCUT2D eigenvalue weighted by molar-refractivity contribution is 5.76. The summed E-state index contributed by atoms with van der Waals surface area (Å²) in [6, 6.07) is 17.6. The van der Waals surface area contributed by atoms with Gasteiger partial charge in [-0.3, -0.25) is 4.79 Å². The smallest absolute Gasteiger partial charge is 0.244 e. The second-order valence-corrected chi connectivity index (χ2v) is 6.95. The van der Waals surface area contributed by atoms with Crippen molar-refractivity contribution in [2.45, 2.75) is 45.9 Å². The Balaban J connectivity index is 1.50. The number of amides is 1. The van der Waals surface area contributed by atoms with Crippen LogP contribution in [0.4, 0.5) is 0 Å². The number of aromatic nitrogens is 4. The molecule has 1 aromatic heterocycles. The normalized spacial score (nSPS) is 12.0. The number of carbonyl (C=O) groups excluding carboxylic acids is 1. The van der Waals surface area contributed by atoms with Crippen molar-refractivity contribution >= 4 is 5.91 Å². The number of carbonyl (C=O) groups is 1. The second kappa shape index (κ2) is 9.12. The van der Waals surface area contributed by atoms with Crippen LogP contribution in [-0.4, -0.2) is 26.1 Å². The van der Waals surface area contributed by atoms with Crippen molar-refractivity contribution in [2.75, 3.05) is 0 Å². The Bertz CT molecular complexity index is 891. The molecule has 0 saturated carbocycles. The first-order chi connectivity index (χ1) is 13.5. The number of ether oxygens (including phenoxy) is 1. The van der Waals surface area contributed by atoms with Crippen molar-refractivity contribution < 1.29 is 9.53 Å². The number of tetrazole rings is 1. The third kappa shape index (κ3) is 5.39. The summed E-state index contributed by atoms with van der Waals surface area (Å²) in [5.41, 5.74) is 2.33. The maximum absolute atomic E-state index is 12.3. The van der Waals surface area contributed by atoms with Crippen LogP contribution in [0, 0.1) is 0 Å². The average Bonchev–Trinajstić information content (AvgIpc) is 3.14. The molecule has 3 aromatic rings. The van der Waals surface area contributed by atoms with Gasteiger partial charge in [0, 0.05) is 0 Å². The number of benzene rings is 2. The highest BCUT2D eigenvalue weighted by Gasteiger charge is 2.13. The molecule has 1 N–H and O–H groups in total. The Hall–Kier alpha value is -3.22. The molecule has 1 heterocycles. The lowest BCUT2D eigenvalue weighted by Crippen LogP contribution is -2.30. The van der Waals surface area contributed by atoms with Gasteiger partial charge >= 0.3 is 0 Å². The minimum Gasteiger partial charge on any atom is -0.485 e. The summed E-state index contributed by atoms with van der Waals surface area (Å²) < 4.78 is 5.58. The number of para-hydroxylation sites is 1. The standard InChI is InChI=1S/C21H25N5O2/c1-15(2)17-9-11-18(12-10-17)16(3)22-21(27)13-26-24-20(23-25-26)14-28-19-7-5-4-6-8-19/h4-12,15-16H,13-14H2,1-3H3,(H,22,27). The van der Waals surface area contributed by atoms with Gasteiger partial charge in [-0.1, -0.05) is 56.3 Å². The molecule has 3 rings (SSSR count). The molecule has 7 heteroatoms. The van der Waals surface area contributed by atoms with E-state index in [0.29, 0.717) is 11.7 Å². The molecule has 28 heavy (non-hydrogen) atoms. The van der Waals surface area contributed by atoms with Crippen molar-refractivity contribution in [3.05, 3.63) is 71.5 Å². The van der Waals surface area contributed by atoms with Crippen LogP contribution < -0.4 is 10.1 Å². The summed E-state index contributed by atoms with van der Waals surface area (Å²) in [6.07, 6.45) is 0. The van der Waals surface area contributed by atoms with Gasteiger partial charge in [0.2, 0.25) is 11.7 Å². The van der Waals surface area contributed by atoms with Gasteiger partial charge in [0.25, 0.3) is 0 Å². The number of nitrogens with one attached hydrogen (secondary N) is 1. The molecule has 0 aliphatic rings.